The molecule has 20 heavy (non-hydrogen) atoms. The van der Waals surface area contributed by atoms with Crippen molar-refractivity contribution in [3.8, 4) is 0 Å². The van der Waals surface area contributed by atoms with Crippen molar-refractivity contribution in [1.29, 1.82) is 0 Å². The molecule has 116 valence electrons. The fraction of sp³-hybridized carbons (Fsp3) is 0.923. The molecule has 0 spiro atoms. The van der Waals surface area contributed by atoms with Crippen molar-refractivity contribution >= 4 is 5.91 Å². The smallest absolute Gasteiger partial charge is 0.339 e. The van der Waals surface area contributed by atoms with Gasteiger partial charge in [-0.05, 0) is 19.4 Å². The van der Waals surface area contributed by atoms with Gasteiger partial charge in [0.1, 0.15) is 0 Å². The van der Waals surface area contributed by atoms with Crippen LogP contribution in [0.15, 0.2) is 0 Å². The summed E-state index contributed by atoms with van der Waals surface area (Å²) < 4.78 is 36.9. The SMILES string of the molecule is O=C(C1CCCCCN1)N1CCN(CC(F)(F)F)CC1. The molecule has 0 aliphatic carbocycles. The van der Waals surface area contributed by atoms with Crippen molar-refractivity contribution in [2.45, 2.75) is 37.9 Å². The molecule has 0 radical (unpaired) electrons. The molecule has 4 nitrogen and oxygen atoms in total. The van der Waals surface area contributed by atoms with Crippen LogP contribution in [-0.4, -0.2) is 67.2 Å². The Kier molecular flexibility index (Phi) is 5.26. The van der Waals surface area contributed by atoms with Crippen LogP contribution in [0.2, 0.25) is 0 Å². The highest BCUT2D eigenvalue weighted by Crippen LogP contribution is 2.18. The van der Waals surface area contributed by atoms with E-state index in [0.29, 0.717) is 26.2 Å². The summed E-state index contributed by atoms with van der Waals surface area (Å²) in [5.41, 5.74) is 0. The van der Waals surface area contributed by atoms with Crippen molar-refractivity contribution in [3.05, 3.63) is 0 Å². The fourth-order valence-corrected chi connectivity index (χ4v) is 2.84. The second-order valence-corrected chi connectivity index (χ2v) is 5.57. The van der Waals surface area contributed by atoms with E-state index in [1.54, 1.807) is 4.90 Å². The van der Waals surface area contributed by atoms with Crippen molar-refractivity contribution < 1.29 is 18.0 Å². The van der Waals surface area contributed by atoms with E-state index in [1.165, 1.54) is 4.90 Å². The summed E-state index contributed by atoms with van der Waals surface area (Å²) in [5, 5.41) is 3.24. The van der Waals surface area contributed by atoms with E-state index in [4.69, 9.17) is 0 Å². The van der Waals surface area contributed by atoms with E-state index < -0.39 is 12.7 Å². The van der Waals surface area contributed by atoms with E-state index >= 15 is 0 Å². The van der Waals surface area contributed by atoms with E-state index in [2.05, 4.69) is 5.32 Å². The van der Waals surface area contributed by atoms with Gasteiger partial charge < -0.3 is 10.2 Å². The fourth-order valence-electron chi connectivity index (χ4n) is 2.84. The van der Waals surface area contributed by atoms with Crippen LogP contribution < -0.4 is 5.32 Å². The molecule has 2 fully saturated rings. The van der Waals surface area contributed by atoms with Gasteiger partial charge in [0.2, 0.25) is 5.91 Å². The molecule has 0 aromatic heterocycles. The lowest BCUT2D eigenvalue weighted by molar-refractivity contribution is -0.152. The summed E-state index contributed by atoms with van der Waals surface area (Å²) in [5.74, 6) is 0.0542. The number of hydrogen-bond acceptors (Lipinski definition) is 3. The number of carbonyl (C=O) groups excluding carboxylic acids is 1. The first-order valence-electron chi connectivity index (χ1n) is 7.27. The highest BCUT2D eigenvalue weighted by atomic mass is 19.4. The Morgan fingerprint density at radius 2 is 1.80 bits per heavy atom. The summed E-state index contributed by atoms with van der Waals surface area (Å²) >= 11 is 0. The molecule has 0 aromatic carbocycles. The van der Waals surface area contributed by atoms with Gasteiger partial charge in [0.15, 0.2) is 0 Å². The van der Waals surface area contributed by atoms with Crippen molar-refractivity contribution in [2.24, 2.45) is 0 Å². The molecule has 1 unspecified atom stereocenters. The van der Waals surface area contributed by atoms with Crippen molar-refractivity contribution in [3.63, 3.8) is 0 Å². The quantitative estimate of drug-likeness (QED) is 0.832. The molecule has 1 atom stereocenters. The number of nitrogens with one attached hydrogen (secondary N) is 1. The Labute approximate surface area is 117 Å². The lowest BCUT2D eigenvalue weighted by Gasteiger charge is -2.36. The predicted octanol–water partition coefficient (Wildman–Crippen LogP) is 1.23. The monoisotopic (exact) mass is 293 g/mol. The first kappa shape index (κ1) is 15.6. The third kappa shape index (κ3) is 4.63. The standard InChI is InChI=1S/C13H22F3N3O/c14-13(15,16)10-18-6-8-19(9-7-18)12(20)11-4-2-1-3-5-17-11/h11,17H,1-10H2. The molecule has 2 aliphatic heterocycles. The van der Waals surface area contributed by atoms with Gasteiger partial charge in [-0.15, -0.1) is 0 Å². The summed E-state index contributed by atoms with van der Waals surface area (Å²) in [6.45, 7) is 1.37. The van der Waals surface area contributed by atoms with Crippen LogP contribution in [-0.2, 0) is 4.79 Å². The molecule has 0 bridgehead atoms. The Morgan fingerprint density at radius 3 is 2.45 bits per heavy atom. The average molecular weight is 293 g/mol. The van der Waals surface area contributed by atoms with Crippen molar-refractivity contribution in [1.82, 2.24) is 15.1 Å². The van der Waals surface area contributed by atoms with Gasteiger partial charge in [0, 0.05) is 26.2 Å². The first-order chi connectivity index (χ1) is 9.46. The molecule has 2 heterocycles. The third-order valence-electron chi connectivity index (χ3n) is 3.95. The van der Waals surface area contributed by atoms with Crippen LogP contribution in [0.5, 0.6) is 0 Å². The van der Waals surface area contributed by atoms with E-state index in [-0.39, 0.29) is 11.9 Å². The molecule has 2 aliphatic rings. The van der Waals surface area contributed by atoms with Crippen LogP contribution in [0.1, 0.15) is 25.7 Å². The van der Waals surface area contributed by atoms with Gasteiger partial charge in [-0.3, -0.25) is 9.69 Å². The van der Waals surface area contributed by atoms with E-state index in [9.17, 15) is 18.0 Å². The molecule has 0 saturated carbocycles. The number of rotatable bonds is 2. The number of amides is 1. The first-order valence-corrected chi connectivity index (χ1v) is 7.27. The maximum atomic E-state index is 12.3. The summed E-state index contributed by atoms with van der Waals surface area (Å²) in [7, 11) is 0. The van der Waals surface area contributed by atoms with Gasteiger partial charge in [-0.2, -0.15) is 13.2 Å². The molecular weight excluding hydrogens is 271 g/mol. The number of carbonyl (C=O) groups is 1. The average Bonchev–Trinajstić information content (AvgIpc) is 2.66. The Hall–Kier alpha value is -0.820. The van der Waals surface area contributed by atoms with Crippen LogP contribution in [0.4, 0.5) is 13.2 Å². The van der Waals surface area contributed by atoms with Gasteiger partial charge in [0.05, 0.1) is 12.6 Å². The zero-order valence-corrected chi connectivity index (χ0v) is 11.6. The third-order valence-corrected chi connectivity index (χ3v) is 3.95. The largest absolute Gasteiger partial charge is 0.401 e. The second-order valence-electron chi connectivity index (χ2n) is 5.57. The molecular formula is C13H22F3N3O. The maximum Gasteiger partial charge on any atom is 0.401 e. The lowest BCUT2D eigenvalue weighted by Crippen LogP contribution is -2.55. The molecule has 7 heteroatoms. The molecule has 1 N–H and O–H groups in total. The molecule has 2 saturated heterocycles. The highest BCUT2D eigenvalue weighted by molar-refractivity contribution is 5.82. The number of halogens is 3. The number of nitrogens with zero attached hydrogens (tertiary/aromatic N) is 2. The minimum atomic E-state index is -4.16. The Morgan fingerprint density at radius 1 is 1.10 bits per heavy atom. The van der Waals surface area contributed by atoms with Crippen LogP contribution >= 0.6 is 0 Å². The number of hydrogen-bond donors (Lipinski definition) is 1. The van der Waals surface area contributed by atoms with Gasteiger partial charge in [0.25, 0.3) is 0 Å². The minimum absolute atomic E-state index is 0.0542. The summed E-state index contributed by atoms with van der Waals surface area (Å²) in [4.78, 5) is 15.4. The number of alkyl halides is 3. The Balaban J connectivity index is 1.79. The van der Waals surface area contributed by atoms with E-state index in [0.717, 1.165) is 32.2 Å². The van der Waals surface area contributed by atoms with Gasteiger partial charge in [-0.25, -0.2) is 0 Å². The maximum absolute atomic E-state index is 12.3. The lowest BCUT2D eigenvalue weighted by atomic mass is 10.1. The summed E-state index contributed by atoms with van der Waals surface area (Å²) in [6, 6.07) is -0.147. The van der Waals surface area contributed by atoms with Gasteiger partial charge >= 0.3 is 6.18 Å². The molecule has 1 amide bonds. The van der Waals surface area contributed by atoms with E-state index in [1.807, 2.05) is 0 Å². The van der Waals surface area contributed by atoms with Crippen LogP contribution in [0, 0.1) is 0 Å². The Bertz CT molecular complexity index is 319. The number of piperazine rings is 1. The second kappa shape index (κ2) is 6.76. The predicted molar refractivity (Wildman–Crippen MR) is 69.3 cm³/mol. The summed E-state index contributed by atoms with van der Waals surface area (Å²) in [6.07, 6.45) is -0.0622. The van der Waals surface area contributed by atoms with Gasteiger partial charge in [-0.1, -0.05) is 12.8 Å². The van der Waals surface area contributed by atoms with Crippen molar-refractivity contribution in [2.75, 3.05) is 39.3 Å². The van der Waals surface area contributed by atoms with Crippen LogP contribution in [0.25, 0.3) is 0 Å². The zero-order valence-electron chi connectivity index (χ0n) is 11.6. The highest BCUT2D eigenvalue weighted by Gasteiger charge is 2.34. The zero-order chi connectivity index (χ0) is 14.6. The minimum Gasteiger partial charge on any atom is -0.339 e. The molecule has 2 rings (SSSR count). The topological polar surface area (TPSA) is 35.6 Å². The normalized spacial score (nSPS) is 26.4. The van der Waals surface area contributed by atoms with Crippen LogP contribution in [0.3, 0.4) is 0 Å². The molecule has 0 aromatic rings.